The van der Waals surface area contributed by atoms with Crippen molar-refractivity contribution in [2.45, 2.75) is 11.8 Å². The van der Waals surface area contributed by atoms with Gasteiger partial charge in [0.1, 0.15) is 0 Å². The van der Waals surface area contributed by atoms with Crippen LogP contribution in [0.3, 0.4) is 0 Å². The van der Waals surface area contributed by atoms with Gasteiger partial charge in [-0.15, -0.1) is 0 Å². The van der Waals surface area contributed by atoms with Crippen molar-refractivity contribution in [1.29, 1.82) is 0 Å². The van der Waals surface area contributed by atoms with E-state index in [1.54, 1.807) is 24.3 Å². The van der Waals surface area contributed by atoms with E-state index < -0.39 is 11.1 Å². The molecular weight excluding hydrogens is 195 g/mol. The molecule has 0 bridgehead atoms. The zero-order chi connectivity index (χ0) is 9.14. The van der Waals surface area contributed by atoms with Crippen LogP contribution in [0.4, 0.5) is 0 Å². The summed E-state index contributed by atoms with van der Waals surface area (Å²) in [6.07, 6.45) is 0. The van der Waals surface area contributed by atoms with Gasteiger partial charge in [0.25, 0.3) is 0 Å². The first-order chi connectivity index (χ1) is 5.61. The zero-order valence-corrected chi connectivity index (χ0v) is 7.60. The Morgan fingerprint density at radius 2 is 1.85 bits per heavy atom. The second kappa shape index (κ2) is 5.73. The van der Waals surface area contributed by atoms with E-state index in [1.165, 1.54) is 0 Å². The van der Waals surface area contributed by atoms with E-state index in [0.717, 1.165) is 11.1 Å². The molecule has 0 fully saturated rings. The topological polar surface area (TPSA) is 37.3 Å². The molecule has 0 amide bonds. The van der Waals surface area contributed by atoms with Gasteiger partial charge in [0.2, 0.25) is 0 Å². The first-order valence-electron chi connectivity index (χ1n) is 3.48. The third kappa shape index (κ3) is 3.75. The molecule has 0 aliphatic heterocycles. The fourth-order valence-corrected chi connectivity index (χ4v) is 1.22. The van der Waals surface area contributed by atoms with Crippen LogP contribution in [0.5, 0.6) is 0 Å². The van der Waals surface area contributed by atoms with Gasteiger partial charge in [-0.05, 0) is 24.6 Å². The van der Waals surface area contributed by atoms with Gasteiger partial charge in [-0.2, -0.15) is 0 Å². The van der Waals surface area contributed by atoms with Crippen molar-refractivity contribution in [3.05, 3.63) is 36.4 Å². The molecule has 0 aromatic heterocycles. The average molecular weight is 206 g/mol. The van der Waals surface area contributed by atoms with Crippen LogP contribution in [0.1, 0.15) is 12.5 Å². The molecule has 0 aliphatic carbocycles. The predicted octanol–water partition coefficient (Wildman–Crippen LogP) is 1.65. The van der Waals surface area contributed by atoms with Crippen LogP contribution in [-0.2, 0) is 11.1 Å². The molecule has 0 saturated heterocycles. The molecule has 0 radical (unpaired) electrons. The minimum absolute atomic E-state index is 0. The molecule has 1 aromatic carbocycles. The van der Waals surface area contributed by atoms with Crippen molar-refractivity contribution in [2.75, 3.05) is 0 Å². The van der Waals surface area contributed by atoms with Gasteiger partial charge < -0.3 is 4.55 Å². The van der Waals surface area contributed by atoms with Crippen LogP contribution < -0.4 is 0 Å². The summed E-state index contributed by atoms with van der Waals surface area (Å²) in [5.74, 6) is 0. The van der Waals surface area contributed by atoms with E-state index in [4.69, 9.17) is 4.55 Å². The zero-order valence-electron chi connectivity index (χ0n) is 6.78. The quantitative estimate of drug-likeness (QED) is 0.590. The number of rotatable bonds is 2. The molecule has 1 atom stereocenters. The molecule has 0 saturated carbocycles. The first-order valence-corrected chi connectivity index (χ1v) is 4.59. The molecule has 13 heavy (non-hydrogen) atoms. The molecule has 0 aliphatic rings. The number of benzene rings is 1. The molecule has 0 spiro atoms. The number of hydrogen-bond acceptors (Lipinski definition) is 1. The van der Waals surface area contributed by atoms with Crippen LogP contribution >= 0.6 is 0 Å². The molecule has 2 nitrogen and oxygen atoms in total. The van der Waals surface area contributed by atoms with Crippen molar-refractivity contribution in [3.63, 3.8) is 0 Å². The summed E-state index contributed by atoms with van der Waals surface area (Å²) < 4.78 is 19.3. The molecule has 1 unspecified atom stereocenters. The third-order valence-corrected chi connectivity index (χ3v) is 2.22. The molecule has 1 aromatic rings. The van der Waals surface area contributed by atoms with Gasteiger partial charge in [0.15, 0.2) is 11.1 Å². The van der Waals surface area contributed by atoms with E-state index in [-0.39, 0.29) is 29.6 Å². The van der Waals surface area contributed by atoms with Crippen LogP contribution in [0.25, 0.3) is 5.57 Å². The fraction of sp³-hybridized carbons (Fsp3) is 0.111. The average Bonchev–Trinajstić information content (AvgIpc) is 2.04. The van der Waals surface area contributed by atoms with Gasteiger partial charge in [-0.3, -0.25) is 0 Å². The van der Waals surface area contributed by atoms with Gasteiger partial charge >= 0.3 is 29.6 Å². The Labute approximate surface area is 103 Å². The Bertz CT molecular complexity index is 286. The van der Waals surface area contributed by atoms with Gasteiger partial charge in [0.05, 0.1) is 4.90 Å². The first kappa shape index (κ1) is 13.1. The van der Waals surface area contributed by atoms with E-state index >= 15 is 0 Å². The Balaban J connectivity index is 0.00000144. The summed E-state index contributed by atoms with van der Waals surface area (Å²) in [6, 6.07) is 6.82. The van der Waals surface area contributed by atoms with E-state index in [9.17, 15) is 4.21 Å². The molecule has 0 heterocycles. The van der Waals surface area contributed by atoms with Gasteiger partial charge in [-0.25, -0.2) is 4.21 Å². The van der Waals surface area contributed by atoms with Gasteiger partial charge in [0, 0.05) is 0 Å². The van der Waals surface area contributed by atoms with Crippen LogP contribution in [0.15, 0.2) is 35.7 Å². The Hall–Kier alpha value is 0.0700. The van der Waals surface area contributed by atoms with Crippen LogP contribution in [0.2, 0.25) is 0 Å². The summed E-state index contributed by atoms with van der Waals surface area (Å²) in [4.78, 5) is 0.417. The monoisotopic (exact) mass is 206 g/mol. The summed E-state index contributed by atoms with van der Waals surface area (Å²) in [6.45, 7) is 5.66. The molecular formula is C9H11NaO2S. The van der Waals surface area contributed by atoms with Crippen LogP contribution in [0, 0.1) is 0 Å². The Morgan fingerprint density at radius 1 is 1.38 bits per heavy atom. The maximum atomic E-state index is 10.6. The molecule has 66 valence electrons. The van der Waals surface area contributed by atoms with E-state index in [0.29, 0.717) is 4.90 Å². The standard InChI is InChI=1S/C9H10O2S.Na.H/c1-7(2)8-3-5-9(6-4-8)12(10)11;;/h3-6H,1H2,2H3,(H,10,11);;. The third-order valence-electron chi connectivity index (χ3n) is 1.55. The van der Waals surface area contributed by atoms with Crippen molar-refractivity contribution in [3.8, 4) is 0 Å². The second-order valence-electron chi connectivity index (χ2n) is 2.55. The van der Waals surface area contributed by atoms with Crippen molar-refractivity contribution >= 4 is 46.2 Å². The summed E-state index contributed by atoms with van der Waals surface area (Å²) in [5, 5.41) is 0. The van der Waals surface area contributed by atoms with Gasteiger partial charge in [-0.1, -0.05) is 24.3 Å². The summed E-state index contributed by atoms with van der Waals surface area (Å²) >= 11 is -1.88. The number of hydrogen-bond donors (Lipinski definition) is 1. The maximum absolute atomic E-state index is 10.6. The normalized spacial score (nSPS) is 11.5. The molecule has 1 N–H and O–H groups in total. The predicted molar refractivity (Wildman–Crippen MR) is 57.3 cm³/mol. The Morgan fingerprint density at radius 3 is 2.15 bits per heavy atom. The van der Waals surface area contributed by atoms with Crippen molar-refractivity contribution in [1.82, 2.24) is 0 Å². The van der Waals surface area contributed by atoms with E-state index in [2.05, 4.69) is 6.58 Å². The number of allylic oxidation sites excluding steroid dienone is 1. The Kier molecular flexibility index (Phi) is 5.76. The van der Waals surface area contributed by atoms with E-state index in [1.807, 2.05) is 6.92 Å². The molecule has 1 rings (SSSR count). The molecule has 4 heteroatoms. The van der Waals surface area contributed by atoms with Crippen molar-refractivity contribution < 1.29 is 8.76 Å². The second-order valence-corrected chi connectivity index (χ2v) is 3.52. The summed E-state index contributed by atoms with van der Waals surface area (Å²) in [5.41, 5.74) is 1.94. The fourth-order valence-electron chi connectivity index (χ4n) is 0.856. The minimum atomic E-state index is -1.88. The summed E-state index contributed by atoms with van der Waals surface area (Å²) in [7, 11) is 0. The van der Waals surface area contributed by atoms with Crippen molar-refractivity contribution in [2.24, 2.45) is 0 Å². The SMILES string of the molecule is C=C(C)c1ccc(S(=O)O)cc1.[NaH]. The van der Waals surface area contributed by atoms with Crippen LogP contribution in [-0.4, -0.2) is 38.3 Å².